The summed E-state index contributed by atoms with van der Waals surface area (Å²) in [6, 6.07) is 25.4. The molecule has 1 atom stereocenters. The Labute approximate surface area is 213 Å². The fraction of sp³-hybridized carbons (Fsp3) is 0.219. The predicted molar refractivity (Wildman–Crippen MR) is 146 cm³/mol. The molecule has 0 amide bonds. The third-order valence-corrected chi connectivity index (χ3v) is 6.73. The van der Waals surface area contributed by atoms with E-state index in [0.717, 1.165) is 35.7 Å². The smallest absolute Gasteiger partial charge is 0.161 e. The van der Waals surface area contributed by atoms with Crippen LogP contribution in [0.1, 0.15) is 39.6 Å². The van der Waals surface area contributed by atoms with Crippen molar-refractivity contribution in [2.45, 2.75) is 32.9 Å². The number of benzene rings is 3. The molecule has 0 aliphatic carbocycles. The van der Waals surface area contributed by atoms with Gasteiger partial charge in [0.2, 0.25) is 0 Å². The van der Waals surface area contributed by atoms with Gasteiger partial charge >= 0.3 is 0 Å². The lowest BCUT2D eigenvalue weighted by atomic mass is 9.92. The maximum Gasteiger partial charge on any atom is 0.161 e. The van der Waals surface area contributed by atoms with Crippen molar-refractivity contribution in [3.63, 3.8) is 0 Å². The molecule has 1 aliphatic rings. The molecular weight excluding hydrogens is 444 g/mol. The van der Waals surface area contributed by atoms with Gasteiger partial charge in [0, 0.05) is 18.4 Å². The average molecular weight is 477 g/mol. The molecule has 0 radical (unpaired) electrons. The Hall–Kier alpha value is -3.89. The number of aromatic nitrogens is 1. The molecule has 1 aliphatic heterocycles. The number of aryl methyl sites for hydroxylation is 2. The summed E-state index contributed by atoms with van der Waals surface area (Å²) in [7, 11) is 1.70. The number of hydrogen-bond acceptors (Lipinski definition) is 4. The van der Waals surface area contributed by atoms with Gasteiger partial charge in [0.25, 0.3) is 0 Å². The second-order valence-electron chi connectivity index (χ2n) is 9.27. The van der Waals surface area contributed by atoms with Crippen LogP contribution in [0.2, 0.25) is 0 Å². The van der Waals surface area contributed by atoms with E-state index < -0.39 is 0 Å². The van der Waals surface area contributed by atoms with Gasteiger partial charge in [-0.25, -0.2) is 0 Å². The van der Waals surface area contributed by atoms with Crippen LogP contribution in [0.15, 0.2) is 85.1 Å². The number of rotatable bonds is 7. The van der Waals surface area contributed by atoms with Crippen molar-refractivity contribution in [1.29, 1.82) is 0 Å². The summed E-state index contributed by atoms with van der Waals surface area (Å²) >= 11 is 0. The number of methoxy groups -OCH3 is 1. The van der Waals surface area contributed by atoms with Gasteiger partial charge in [-0.2, -0.15) is 0 Å². The molecule has 182 valence electrons. The summed E-state index contributed by atoms with van der Waals surface area (Å²) in [4.78, 5) is 4.33. The molecule has 3 aromatic carbocycles. The number of hydrogen-bond donors (Lipinski definition) is 1. The lowest BCUT2D eigenvalue weighted by Gasteiger charge is -2.26. The number of fused-ring (bicyclic) bond motifs is 1. The van der Waals surface area contributed by atoms with Crippen LogP contribution in [0.3, 0.4) is 0 Å². The highest BCUT2D eigenvalue weighted by Crippen LogP contribution is 2.36. The molecule has 4 nitrogen and oxygen atoms in total. The van der Waals surface area contributed by atoms with Crippen molar-refractivity contribution in [3.05, 3.63) is 119 Å². The zero-order chi connectivity index (χ0) is 24.9. The van der Waals surface area contributed by atoms with Crippen LogP contribution in [0, 0.1) is 13.8 Å². The Morgan fingerprint density at radius 1 is 0.944 bits per heavy atom. The van der Waals surface area contributed by atoms with Gasteiger partial charge in [-0.15, -0.1) is 0 Å². The van der Waals surface area contributed by atoms with E-state index in [1.807, 2.05) is 31.3 Å². The van der Waals surface area contributed by atoms with Crippen molar-refractivity contribution in [2.24, 2.45) is 0 Å². The summed E-state index contributed by atoms with van der Waals surface area (Å²) in [5, 5.41) is 3.66. The van der Waals surface area contributed by atoms with Crippen molar-refractivity contribution in [3.8, 4) is 22.6 Å². The van der Waals surface area contributed by atoms with Crippen LogP contribution in [-0.2, 0) is 13.0 Å². The molecule has 5 rings (SSSR count). The lowest BCUT2D eigenvalue weighted by Crippen LogP contribution is -2.28. The van der Waals surface area contributed by atoms with Gasteiger partial charge < -0.3 is 14.8 Å². The monoisotopic (exact) mass is 476 g/mol. The quantitative estimate of drug-likeness (QED) is 0.317. The fourth-order valence-corrected chi connectivity index (χ4v) is 4.70. The third kappa shape index (κ3) is 5.34. The highest BCUT2D eigenvalue weighted by Gasteiger charge is 2.21. The molecule has 2 heterocycles. The Morgan fingerprint density at radius 2 is 1.78 bits per heavy atom. The largest absolute Gasteiger partial charge is 0.493 e. The molecule has 4 aromatic rings. The van der Waals surface area contributed by atoms with Gasteiger partial charge in [-0.1, -0.05) is 54.6 Å². The maximum absolute atomic E-state index is 6.16. The Bertz CT molecular complexity index is 1380. The number of pyridine rings is 1. The first-order chi connectivity index (χ1) is 17.6. The van der Waals surface area contributed by atoms with Crippen LogP contribution >= 0.6 is 0 Å². The maximum atomic E-state index is 6.16. The molecule has 4 heteroatoms. The van der Waals surface area contributed by atoms with Crippen LogP contribution in [0.25, 0.3) is 17.2 Å². The Kier molecular flexibility index (Phi) is 7.15. The second kappa shape index (κ2) is 10.8. The van der Waals surface area contributed by atoms with Crippen molar-refractivity contribution in [1.82, 2.24) is 10.3 Å². The van der Waals surface area contributed by atoms with Gasteiger partial charge in [0.1, 0.15) is 6.61 Å². The SMILES string of the molecule is COc1cc2c(cc1OCc1ccccc1)CCNC2/C=C/c1cc(-c2ccnc(C)c2)ccc1C. The minimum atomic E-state index is 0.108. The van der Waals surface area contributed by atoms with Gasteiger partial charge in [-0.05, 0) is 89.5 Å². The summed E-state index contributed by atoms with van der Waals surface area (Å²) in [6.07, 6.45) is 7.31. The molecule has 0 fully saturated rings. The summed E-state index contributed by atoms with van der Waals surface area (Å²) in [5.41, 5.74) is 9.54. The van der Waals surface area contributed by atoms with Gasteiger partial charge in [0.15, 0.2) is 11.5 Å². The van der Waals surface area contributed by atoms with Crippen molar-refractivity contribution >= 4 is 6.08 Å². The van der Waals surface area contributed by atoms with Crippen LogP contribution in [-0.4, -0.2) is 18.6 Å². The first-order valence-corrected chi connectivity index (χ1v) is 12.4. The van der Waals surface area contributed by atoms with E-state index in [4.69, 9.17) is 9.47 Å². The summed E-state index contributed by atoms with van der Waals surface area (Å²) < 4.78 is 11.9. The lowest BCUT2D eigenvalue weighted by molar-refractivity contribution is 0.283. The average Bonchev–Trinajstić information content (AvgIpc) is 2.91. The minimum absolute atomic E-state index is 0.108. The van der Waals surface area contributed by atoms with E-state index in [1.165, 1.54) is 33.4 Å². The number of nitrogens with one attached hydrogen (secondary N) is 1. The molecule has 1 aromatic heterocycles. The number of ether oxygens (including phenoxy) is 2. The summed E-state index contributed by atoms with van der Waals surface area (Å²) in [6.45, 7) is 5.62. The van der Waals surface area contributed by atoms with E-state index in [2.05, 4.69) is 84.0 Å². The highest BCUT2D eigenvalue weighted by molar-refractivity contribution is 5.69. The normalized spacial score (nSPS) is 15.0. The molecule has 0 spiro atoms. The van der Waals surface area contributed by atoms with E-state index in [-0.39, 0.29) is 6.04 Å². The topological polar surface area (TPSA) is 43.4 Å². The minimum Gasteiger partial charge on any atom is -0.493 e. The molecule has 1 N–H and O–H groups in total. The molecule has 0 bridgehead atoms. The standard InChI is InChI=1S/C32H32N2O2/c1-22-9-10-26(27-13-15-33-23(2)17-27)18-25(22)11-12-30-29-20-31(35-3)32(19-28(29)14-16-34-30)36-21-24-7-5-4-6-8-24/h4-13,15,17-20,30,34H,14,16,21H2,1-3H3/b12-11+. The zero-order valence-corrected chi connectivity index (χ0v) is 21.1. The van der Waals surface area contributed by atoms with E-state index in [1.54, 1.807) is 7.11 Å². The van der Waals surface area contributed by atoms with E-state index in [9.17, 15) is 0 Å². The molecule has 1 unspecified atom stereocenters. The first kappa shape index (κ1) is 23.8. The number of nitrogens with zero attached hydrogens (tertiary/aromatic N) is 1. The Balaban J connectivity index is 1.40. The van der Waals surface area contributed by atoms with Crippen molar-refractivity contribution < 1.29 is 9.47 Å². The summed E-state index contributed by atoms with van der Waals surface area (Å²) in [5.74, 6) is 1.55. The van der Waals surface area contributed by atoms with Gasteiger partial charge in [-0.3, -0.25) is 4.98 Å². The second-order valence-corrected chi connectivity index (χ2v) is 9.27. The molecular formula is C32H32N2O2. The van der Waals surface area contributed by atoms with Gasteiger partial charge in [0.05, 0.1) is 13.2 Å². The highest BCUT2D eigenvalue weighted by atomic mass is 16.5. The molecule has 0 saturated heterocycles. The van der Waals surface area contributed by atoms with Crippen LogP contribution in [0.5, 0.6) is 11.5 Å². The third-order valence-electron chi connectivity index (χ3n) is 6.73. The predicted octanol–water partition coefficient (Wildman–Crippen LogP) is 6.85. The molecule has 0 saturated carbocycles. The van der Waals surface area contributed by atoms with E-state index >= 15 is 0 Å². The van der Waals surface area contributed by atoms with E-state index in [0.29, 0.717) is 6.61 Å². The van der Waals surface area contributed by atoms with Crippen molar-refractivity contribution in [2.75, 3.05) is 13.7 Å². The zero-order valence-electron chi connectivity index (χ0n) is 21.1. The van der Waals surface area contributed by atoms with Crippen LogP contribution in [0.4, 0.5) is 0 Å². The fourth-order valence-electron chi connectivity index (χ4n) is 4.70. The first-order valence-electron chi connectivity index (χ1n) is 12.4. The van der Waals surface area contributed by atoms with Crippen LogP contribution < -0.4 is 14.8 Å². The Morgan fingerprint density at radius 3 is 2.58 bits per heavy atom. The molecule has 36 heavy (non-hydrogen) atoms.